The number of likely N-dealkylation sites (tertiary alicyclic amines) is 2. The van der Waals surface area contributed by atoms with Crippen molar-refractivity contribution in [3.63, 3.8) is 0 Å². The van der Waals surface area contributed by atoms with Gasteiger partial charge in [-0.15, -0.1) is 0 Å². The Morgan fingerprint density at radius 2 is 1.82 bits per heavy atom. The predicted molar refractivity (Wildman–Crippen MR) is 108 cm³/mol. The van der Waals surface area contributed by atoms with E-state index in [1.807, 2.05) is 12.3 Å². The first-order valence-electron chi connectivity index (χ1n) is 11.0. The molecule has 7 heteroatoms. The Hall–Kier alpha value is -1.73. The van der Waals surface area contributed by atoms with Crippen molar-refractivity contribution < 1.29 is 9.53 Å². The first kappa shape index (κ1) is 19.6. The van der Waals surface area contributed by atoms with Crippen molar-refractivity contribution in [1.29, 1.82) is 0 Å². The molecule has 0 aromatic carbocycles. The molecule has 0 bridgehead atoms. The van der Waals surface area contributed by atoms with Crippen LogP contribution in [0.1, 0.15) is 44.2 Å². The molecule has 1 aromatic heterocycles. The van der Waals surface area contributed by atoms with E-state index in [4.69, 9.17) is 9.72 Å². The Balaban J connectivity index is 1.35. The minimum Gasteiger partial charge on any atom is -0.378 e. The lowest BCUT2D eigenvalue weighted by molar-refractivity contribution is -0.137. The highest BCUT2D eigenvalue weighted by Crippen LogP contribution is 2.22. The van der Waals surface area contributed by atoms with Crippen molar-refractivity contribution in [2.45, 2.75) is 45.1 Å². The summed E-state index contributed by atoms with van der Waals surface area (Å²) in [4.78, 5) is 29.0. The summed E-state index contributed by atoms with van der Waals surface area (Å²) in [5.41, 5.74) is 1.04. The van der Waals surface area contributed by atoms with Gasteiger partial charge in [-0.2, -0.15) is 0 Å². The van der Waals surface area contributed by atoms with Crippen LogP contribution in [-0.4, -0.2) is 78.2 Å². The smallest absolute Gasteiger partial charge is 0.226 e. The first-order valence-corrected chi connectivity index (χ1v) is 11.0. The van der Waals surface area contributed by atoms with Crippen molar-refractivity contribution >= 4 is 11.9 Å². The minimum absolute atomic E-state index is 0.146. The van der Waals surface area contributed by atoms with Crippen molar-refractivity contribution in [2.24, 2.45) is 5.92 Å². The number of hydrogen-bond acceptors (Lipinski definition) is 6. The molecule has 0 radical (unpaired) electrons. The van der Waals surface area contributed by atoms with Crippen LogP contribution in [0.3, 0.4) is 0 Å². The van der Waals surface area contributed by atoms with Gasteiger partial charge < -0.3 is 14.5 Å². The van der Waals surface area contributed by atoms with Crippen LogP contribution in [0.15, 0.2) is 12.3 Å². The zero-order chi connectivity index (χ0) is 19.2. The summed E-state index contributed by atoms with van der Waals surface area (Å²) in [5, 5.41) is 0. The normalized spacial score (nSPS) is 24.8. The number of aromatic nitrogens is 2. The first-order chi connectivity index (χ1) is 13.8. The van der Waals surface area contributed by atoms with Crippen LogP contribution < -0.4 is 4.90 Å². The molecule has 4 rings (SSSR count). The number of amides is 1. The molecule has 154 valence electrons. The zero-order valence-corrected chi connectivity index (χ0v) is 16.9. The summed E-state index contributed by atoms with van der Waals surface area (Å²) in [6.07, 6.45) is 8.82. The van der Waals surface area contributed by atoms with Gasteiger partial charge in [0.25, 0.3) is 0 Å². The highest BCUT2D eigenvalue weighted by atomic mass is 16.5. The molecule has 3 aliphatic heterocycles. The lowest BCUT2D eigenvalue weighted by Gasteiger charge is -2.34. The monoisotopic (exact) mass is 387 g/mol. The van der Waals surface area contributed by atoms with E-state index in [1.165, 1.54) is 12.8 Å². The van der Waals surface area contributed by atoms with Crippen molar-refractivity contribution in [3.05, 3.63) is 18.0 Å². The topological polar surface area (TPSA) is 61.8 Å². The van der Waals surface area contributed by atoms with E-state index >= 15 is 0 Å². The largest absolute Gasteiger partial charge is 0.378 e. The van der Waals surface area contributed by atoms with Gasteiger partial charge in [0, 0.05) is 45.5 Å². The molecule has 0 spiro atoms. The number of anilines is 1. The molecule has 0 aliphatic carbocycles. The van der Waals surface area contributed by atoms with Gasteiger partial charge >= 0.3 is 0 Å². The highest BCUT2D eigenvalue weighted by Gasteiger charge is 2.29. The average Bonchev–Trinajstić information content (AvgIpc) is 3.04. The molecule has 4 heterocycles. The van der Waals surface area contributed by atoms with E-state index in [1.54, 1.807) is 0 Å². The summed E-state index contributed by atoms with van der Waals surface area (Å²) >= 11 is 0. The second-order valence-corrected chi connectivity index (χ2v) is 8.26. The second kappa shape index (κ2) is 9.65. The third-order valence-corrected chi connectivity index (χ3v) is 6.15. The summed E-state index contributed by atoms with van der Waals surface area (Å²) in [6, 6.07) is 2.00. The molecule has 3 saturated heterocycles. The lowest BCUT2D eigenvalue weighted by Crippen LogP contribution is -2.45. The van der Waals surface area contributed by atoms with Crippen molar-refractivity contribution in [1.82, 2.24) is 19.8 Å². The summed E-state index contributed by atoms with van der Waals surface area (Å²) in [6.45, 7) is 7.75. The van der Waals surface area contributed by atoms with E-state index in [-0.39, 0.29) is 5.92 Å². The van der Waals surface area contributed by atoms with E-state index in [0.29, 0.717) is 5.91 Å². The molecule has 1 aromatic rings. The third-order valence-electron chi connectivity index (χ3n) is 6.15. The molecule has 1 atom stereocenters. The molecule has 3 aliphatic rings. The maximum atomic E-state index is 13.0. The molecule has 7 nitrogen and oxygen atoms in total. The predicted octanol–water partition coefficient (Wildman–Crippen LogP) is 1.93. The van der Waals surface area contributed by atoms with Gasteiger partial charge in [-0.3, -0.25) is 9.69 Å². The number of nitrogens with zero attached hydrogens (tertiary/aromatic N) is 5. The Kier molecular flexibility index (Phi) is 6.75. The number of carbonyl (C=O) groups is 1. The Labute approximate surface area is 168 Å². The van der Waals surface area contributed by atoms with Gasteiger partial charge in [-0.25, -0.2) is 9.97 Å². The molecule has 0 unspecified atom stereocenters. The average molecular weight is 388 g/mol. The van der Waals surface area contributed by atoms with Gasteiger partial charge in [0.1, 0.15) is 0 Å². The Morgan fingerprint density at radius 3 is 2.61 bits per heavy atom. The number of piperidine rings is 1. The van der Waals surface area contributed by atoms with Gasteiger partial charge in [0.2, 0.25) is 11.9 Å². The van der Waals surface area contributed by atoms with Crippen LogP contribution in [0.25, 0.3) is 0 Å². The number of rotatable bonds is 4. The standard InChI is InChI=1S/C21H33N5O2/c27-20(25-10-3-1-2-4-11-25)18-6-5-9-24(16-18)17-19-7-8-22-21(23-19)26-12-14-28-15-13-26/h7-8,18H,1-6,9-17H2/t18-/m0/s1. The van der Waals surface area contributed by atoms with Crippen LogP contribution in [0.5, 0.6) is 0 Å². The van der Waals surface area contributed by atoms with Gasteiger partial charge in [-0.05, 0) is 38.3 Å². The van der Waals surface area contributed by atoms with Crippen molar-refractivity contribution in [2.75, 3.05) is 57.4 Å². The molecule has 0 saturated carbocycles. The van der Waals surface area contributed by atoms with Gasteiger partial charge in [-0.1, -0.05) is 12.8 Å². The number of ether oxygens (including phenoxy) is 1. The molecule has 28 heavy (non-hydrogen) atoms. The van der Waals surface area contributed by atoms with Crippen LogP contribution >= 0.6 is 0 Å². The maximum absolute atomic E-state index is 13.0. The van der Waals surface area contributed by atoms with E-state index in [2.05, 4.69) is 19.7 Å². The second-order valence-electron chi connectivity index (χ2n) is 8.26. The Bertz CT molecular complexity index is 641. The molecule has 0 N–H and O–H groups in total. The zero-order valence-electron chi connectivity index (χ0n) is 16.9. The molecule has 3 fully saturated rings. The van der Waals surface area contributed by atoms with Gasteiger partial charge in [0.05, 0.1) is 24.8 Å². The van der Waals surface area contributed by atoms with Crippen molar-refractivity contribution in [3.8, 4) is 0 Å². The molecular weight excluding hydrogens is 354 g/mol. The summed E-state index contributed by atoms with van der Waals surface area (Å²) in [5.74, 6) is 1.32. The fourth-order valence-corrected chi connectivity index (χ4v) is 4.57. The maximum Gasteiger partial charge on any atom is 0.226 e. The highest BCUT2D eigenvalue weighted by molar-refractivity contribution is 5.79. The lowest BCUT2D eigenvalue weighted by atomic mass is 9.96. The number of morpholine rings is 1. The van der Waals surface area contributed by atoms with E-state index < -0.39 is 0 Å². The Morgan fingerprint density at radius 1 is 1.04 bits per heavy atom. The minimum atomic E-state index is 0.146. The third kappa shape index (κ3) is 5.00. The van der Waals surface area contributed by atoms with Crippen LogP contribution in [0, 0.1) is 5.92 Å². The fraction of sp³-hybridized carbons (Fsp3) is 0.762. The van der Waals surface area contributed by atoms with Crippen LogP contribution in [-0.2, 0) is 16.1 Å². The van der Waals surface area contributed by atoms with Crippen LogP contribution in [0.4, 0.5) is 5.95 Å². The number of carbonyl (C=O) groups excluding carboxylic acids is 1. The molecule has 1 amide bonds. The van der Waals surface area contributed by atoms with E-state index in [0.717, 1.165) is 96.4 Å². The summed E-state index contributed by atoms with van der Waals surface area (Å²) in [7, 11) is 0. The fourth-order valence-electron chi connectivity index (χ4n) is 4.57. The van der Waals surface area contributed by atoms with E-state index in [9.17, 15) is 4.79 Å². The van der Waals surface area contributed by atoms with Gasteiger partial charge in [0.15, 0.2) is 0 Å². The van der Waals surface area contributed by atoms with Crippen LogP contribution in [0.2, 0.25) is 0 Å². The number of hydrogen-bond donors (Lipinski definition) is 0. The quantitative estimate of drug-likeness (QED) is 0.787. The summed E-state index contributed by atoms with van der Waals surface area (Å²) < 4.78 is 5.42. The molecular formula is C21H33N5O2. The SMILES string of the molecule is O=C([C@H]1CCCN(Cc2ccnc(N3CCOCC3)n2)C1)N1CCCCCC1.